The molecule has 0 saturated carbocycles. The zero-order valence-electron chi connectivity index (χ0n) is 49.2. The smallest absolute Gasteiger partial charge is 0.0665 e. The quantitative estimate of drug-likeness (QED) is 0.141. The Morgan fingerprint density at radius 3 is 1.68 bits per heavy atom. The van der Waals surface area contributed by atoms with Gasteiger partial charge in [0.1, 0.15) is 0 Å². The van der Waals surface area contributed by atoms with Crippen LogP contribution in [0, 0.1) is 24.7 Å². The maximum atomic E-state index is 5.16. The van der Waals surface area contributed by atoms with E-state index in [0.29, 0.717) is 5.92 Å². The maximum Gasteiger partial charge on any atom is 0.0665 e. The Morgan fingerprint density at radius 1 is 0.506 bits per heavy atom. The zero-order valence-corrected chi connectivity index (χ0v) is 49.2. The molecule has 0 fully saturated rings. The topological polar surface area (TPSA) is 12.4 Å². The first-order chi connectivity index (χ1) is 39.5. The van der Waals surface area contributed by atoms with Crippen molar-refractivity contribution in [2.45, 2.75) is 94.4 Å². The third kappa shape index (κ3) is 12.7. The van der Waals surface area contributed by atoms with E-state index in [9.17, 15) is 0 Å². The molecule has 1 heterocycles. The molecule has 3 aliphatic rings. The summed E-state index contributed by atoms with van der Waals surface area (Å²) in [5, 5.41) is 10.0. The lowest BCUT2D eigenvalue weighted by molar-refractivity contribution is 0.729. The van der Waals surface area contributed by atoms with Crippen LogP contribution in [0.5, 0.6) is 0 Å². The molecular formula is C80H79N. The molecule has 2 aliphatic carbocycles. The molecule has 10 aromatic carbocycles. The average molecular weight is 1050 g/mol. The van der Waals surface area contributed by atoms with Crippen LogP contribution in [0.15, 0.2) is 253 Å². The van der Waals surface area contributed by atoms with Crippen LogP contribution in [0.2, 0.25) is 0 Å². The van der Waals surface area contributed by atoms with Gasteiger partial charge in [-0.05, 0) is 193 Å². The molecule has 13 rings (SSSR count). The summed E-state index contributed by atoms with van der Waals surface area (Å²) in [7, 11) is 0. The molecule has 81 heavy (non-hydrogen) atoms. The number of rotatable bonds is 7. The van der Waals surface area contributed by atoms with Gasteiger partial charge in [-0.3, -0.25) is 4.99 Å². The number of aryl methyl sites for hydroxylation is 1. The van der Waals surface area contributed by atoms with Gasteiger partial charge in [0.15, 0.2) is 0 Å². The average Bonchev–Trinajstić information content (AvgIpc) is 3.68. The summed E-state index contributed by atoms with van der Waals surface area (Å²) >= 11 is 0. The Labute approximate surface area is 483 Å². The first-order valence-corrected chi connectivity index (χ1v) is 29.7. The first-order valence-electron chi connectivity index (χ1n) is 29.7. The van der Waals surface area contributed by atoms with Crippen LogP contribution in [0.3, 0.4) is 0 Å². The Hall–Kier alpha value is -8.39. The highest BCUT2D eigenvalue weighted by Crippen LogP contribution is 2.48. The van der Waals surface area contributed by atoms with Crippen LogP contribution in [0.4, 0.5) is 5.69 Å². The number of nitrogens with zero attached hydrogens (tertiary/aromatic N) is 1. The lowest BCUT2D eigenvalue weighted by atomic mass is 9.81. The number of aliphatic imine (C=N–C) groups is 1. The Balaban J connectivity index is 0.000000351. The summed E-state index contributed by atoms with van der Waals surface area (Å²) in [6.45, 7) is 20.0. The van der Waals surface area contributed by atoms with Gasteiger partial charge in [0, 0.05) is 5.92 Å². The summed E-state index contributed by atoms with van der Waals surface area (Å²) < 4.78 is 0. The molecule has 10 aromatic rings. The zero-order chi connectivity index (χ0) is 56.4. The van der Waals surface area contributed by atoms with Crippen molar-refractivity contribution in [3.8, 4) is 33.4 Å². The van der Waals surface area contributed by atoms with E-state index in [1.54, 1.807) is 0 Å². The third-order valence-corrected chi connectivity index (χ3v) is 16.4. The standard InChI is InChI=1S/C62H49N.C8H12.C7H10.C3H8/c1-39-15-5-6-18-47(39)35-40(2)42(4)48-31-33-55-57(37-48)60(53-24-13-20-44-16-7-10-22-51(44)53)56-34-32-49(38-58(56)61(55)54-25-14-21-45-17-8-11-23-52(45)54)43-27-29-46(30-28-43)62-41(3)36-50-19-9-12-26-59(50)63-62;1-7-4-3-5-8(2)6-7;1-7-5-3-2-4-6-7;1-3-2/h5-34,37-38,41H,35-36H2,1-4H3;3-4,6,8H,5H2,1-2H3;2-5,7H,6H2,1H3;3H2,1-2H3/b42-40-;;;. The van der Waals surface area contributed by atoms with Crippen molar-refractivity contribution < 1.29 is 0 Å². The van der Waals surface area contributed by atoms with Crippen molar-refractivity contribution >= 4 is 60.1 Å². The van der Waals surface area contributed by atoms with Crippen LogP contribution in [-0.4, -0.2) is 5.71 Å². The van der Waals surface area contributed by atoms with Gasteiger partial charge in [-0.25, -0.2) is 0 Å². The number of hydrogen-bond acceptors (Lipinski definition) is 1. The summed E-state index contributed by atoms with van der Waals surface area (Å²) in [6.07, 6.45) is 21.0. The fourth-order valence-corrected chi connectivity index (χ4v) is 12.0. The van der Waals surface area contributed by atoms with Crippen LogP contribution in [0.25, 0.3) is 82.0 Å². The lowest BCUT2D eigenvalue weighted by Crippen LogP contribution is -2.18. The maximum absolute atomic E-state index is 5.16. The second-order valence-corrected chi connectivity index (χ2v) is 22.9. The molecule has 404 valence electrons. The summed E-state index contributed by atoms with van der Waals surface area (Å²) in [5.41, 5.74) is 20.3. The summed E-state index contributed by atoms with van der Waals surface area (Å²) in [6, 6.07) is 72.2. The molecule has 0 spiro atoms. The fourth-order valence-electron chi connectivity index (χ4n) is 12.0. The largest absolute Gasteiger partial charge is 0.252 e. The van der Waals surface area contributed by atoms with Crippen molar-refractivity contribution in [2.24, 2.45) is 22.7 Å². The number of allylic oxidation sites excluding steroid dienone is 10. The summed E-state index contributed by atoms with van der Waals surface area (Å²) in [5.74, 6) is 1.89. The number of fused-ring (bicyclic) bond motifs is 5. The van der Waals surface area contributed by atoms with Gasteiger partial charge < -0.3 is 0 Å². The monoisotopic (exact) mass is 1050 g/mol. The SMILES string of the molecule is C/C(Cc1ccccc1C)=C(\C)c1ccc2c(-c3cccc4ccccc34)c3cc(-c4ccc(C5=Nc6ccccc6CC5C)cc4)ccc3c(-c3cccc4ccccc34)c2c1.CC1=CC(C)CC=C1.CC1C=CC=CC1.CCC. The molecule has 0 aromatic heterocycles. The minimum atomic E-state index is 0.354. The van der Waals surface area contributed by atoms with E-state index in [2.05, 4.69) is 299 Å². The summed E-state index contributed by atoms with van der Waals surface area (Å²) in [4.78, 5) is 5.16. The molecule has 1 heteroatoms. The molecule has 3 atom stereocenters. The molecular weight excluding hydrogens is 975 g/mol. The third-order valence-electron chi connectivity index (χ3n) is 16.4. The highest BCUT2D eigenvalue weighted by Gasteiger charge is 2.23. The predicted octanol–water partition coefficient (Wildman–Crippen LogP) is 23.0. The molecule has 0 saturated heterocycles. The van der Waals surface area contributed by atoms with Crippen molar-refractivity contribution in [3.05, 3.63) is 276 Å². The van der Waals surface area contributed by atoms with Crippen LogP contribution in [-0.2, 0) is 12.8 Å². The molecule has 0 bridgehead atoms. The van der Waals surface area contributed by atoms with E-state index in [1.807, 2.05) is 0 Å². The molecule has 3 unspecified atom stereocenters. The Kier molecular flexibility index (Phi) is 17.8. The highest BCUT2D eigenvalue weighted by molar-refractivity contribution is 6.26. The molecule has 0 radical (unpaired) electrons. The number of hydrogen-bond donors (Lipinski definition) is 0. The van der Waals surface area contributed by atoms with E-state index in [0.717, 1.165) is 36.1 Å². The van der Waals surface area contributed by atoms with E-state index >= 15 is 0 Å². The molecule has 1 aliphatic heterocycles. The van der Waals surface area contributed by atoms with Gasteiger partial charge >= 0.3 is 0 Å². The van der Waals surface area contributed by atoms with Crippen LogP contribution < -0.4 is 0 Å². The van der Waals surface area contributed by atoms with E-state index in [4.69, 9.17) is 4.99 Å². The lowest BCUT2D eigenvalue weighted by Gasteiger charge is -2.22. The van der Waals surface area contributed by atoms with Crippen molar-refractivity contribution in [2.75, 3.05) is 0 Å². The Morgan fingerprint density at radius 2 is 1.07 bits per heavy atom. The molecule has 1 nitrogen and oxygen atoms in total. The van der Waals surface area contributed by atoms with Crippen molar-refractivity contribution in [3.63, 3.8) is 0 Å². The van der Waals surface area contributed by atoms with Gasteiger partial charge in [0.2, 0.25) is 0 Å². The van der Waals surface area contributed by atoms with Gasteiger partial charge in [-0.2, -0.15) is 0 Å². The predicted molar refractivity (Wildman–Crippen MR) is 356 cm³/mol. The number of para-hydroxylation sites is 1. The number of benzene rings is 10. The second kappa shape index (κ2) is 25.8. The van der Waals surface area contributed by atoms with Crippen molar-refractivity contribution in [1.29, 1.82) is 0 Å². The van der Waals surface area contributed by atoms with E-state index < -0.39 is 0 Å². The minimum absolute atomic E-state index is 0.354. The van der Waals surface area contributed by atoms with E-state index in [-0.39, 0.29) is 0 Å². The van der Waals surface area contributed by atoms with Crippen LogP contribution in [0.1, 0.15) is 102 Å². The highest BCUT2D eigenvalue weighted by atomic mass is 14.8. The van der Waals surface area contributed by atoms with Gasteiger partial charge in [0.05, 0.1) is 11.4 Å². The normalized spacial score (nSPS) is 16.5. The van der Waals surface area contributed by atoms with E-state index in [1.165, 1.54) is 140 Å². The van der Waals surface area contributed by atoms with Crippen molar-refractivity contribution in [1.82, 2.24) is 0 Å². The second-order valence-electron chi connectivity index (χ2n) is 22.9. The van der Waals surface area contributed by atoms with Gasteiger partial charge in [0.25, 0.3) is 0 Å². The molecule has 0 amide bonds. The van der Waals surface area contributed by atoms with Crippen LogP contribution >= 0.6 is 0 Å². The first kappa shape index (κ1) is 55.9. The van der Waals surface area contributed by atoms with Gasteiger partial charge in [-0.1, -0.05) is 271 Å². The molecule has 0 N–H and O–H groups in total. The fraction of sp³-hybridized carbons (Fsp3) is 0.212. The minimum Gasteiger partial charge on any atom is -0.252 e. The van der Waals surface area contributed by atoms with Gasteiger partial charge in [-0.15, -0.1) is 0 Å². The Bertz CT molecular complexity index is 4060.